The molecule has 2 unspecified atom stereocenters. The van der Waals surface area contributed by atoms with Gasteiger partial charge in [-0.05, 0) is 51.1 Å². The lowest BCUT2D eigenvalue weighted by Crippen LogP contribution is -2.64. The van der Waals surface area contributed by atoms with E-state index in [4.69, 9.17) is 5.73 Å². The van der Waals surface area contributed by atoms with Crippen molar-refractivity contribution in [1.82, 2.24) is 10.2 Å². The van der Waals surface area contributed by atoms with Crippen molar-refractivity contribution in [2.45, 2.75) is 70.4 Å². The van der Waals surface area contributed by atoms with Gasteiger partial charge < -0.3 is 11.1 Å². The first-order valence-corrected chi connectivity index (χ1v) is 8.43. The minimum absolute atomic E-state index is 0.150. The number of carbonyl (C=O) groups excluding carboxylic acids is 1. The van der Waals surface area contributed by atoms with Crippen LogP contribution in [0.4, 0.5) is 0 Å². The van der Waals surface area contributed by atoms with Crippen molar-refractivity contribution in [2.24, 2.45) is 11.7 Å². The normalized spacial score (nSPS) is 27.2. The summed E-state index contributed by atoms with van der Waals surface area (Å²) in [6, 6.07) is 0.643. The molecule has 2 atom stereocenters. The lowest BCUT2D eigenvalue weighted by molar-refractivity contribution is -0.126. The molecule has 1 saturated heterocycles. The Kier molecular flexibility index (Phi) is 5.44. The van der Waals surface area contributed by atoms with Gasteiger partial charge in [-0.1, -0.05) is 26.7 Å². The van der Waals surface area contributed by atoms with Gasteiger partial charge in [-0.3, -0.25) is 9.69 Å². The van der Waals surface area contributed by atoms with Crippen molar-refractivity contribution in [2.75, 3.05) is 19.6 Å². The van der Waals surface area contributed by atoms with E-state index in [9.17, 15) is 4.79 Å². The molecule has 4 heteroatoms. The zero-order valence-corrected chi connectivity index (χ0v) is 13.2. The third kappa shape index (κ3) is 3.34. The summed E-state index contributed by atoms with van der Waals surface area (Å²) in [5, 5.41) is 3.45. The van der Waals surface area contributed by atoms with Gasteiger partial charge in [-0.2, -0.15) is 0 Å². The molecule has 116 valence electrons. The summed E-state index contributed by atoms with van der Waals surface area (Å²) >= 11 is 0. The maximum atomic E-state index is 12.2. The van der Waals surface area contributed by atoms with Gasteiger partial charge in [-0.15, -0.1) is 0 Å². The Morgan fingerprint density at radius 2 is 2.05 bits per heavy atom. The topological polar surface area (TPSA) is 58.4 Å². The van der Waals surface area contributed by atoms with Crippen LogP contribution < -0.4 is 11.1 Å². The summed E-state index contributed by atoms with van der Waals surface area (Å²) in [5.41, 5.74) is 5.32. The average molecular weight is 281 g/mol. The Hall–Kier alpha value is -0.610. The summed E-state index contributed by atoms with van der Waals surface area (Å²) < 4.78 is 0. The molecule has 1 aliphatic heterocycles. The molecule has 0 aromatic rings. The van der Waals surface area contributed by atoms with Crippen LogP contribution in [-0.4, -0.2) is 42.0 Å². The van der Waals surface area contributed by atoms with Crippen LogP contribution in [0.25, 0.3) is 0 Å². The third-order valence-electron chi connectivity index (χ3n) is 5.03. The second kappa shape index (κ2) is 6.90. The van der Waals surface area contributed by atoms with Gasteiger partial charge >= 0.3 is 0 Å². The minimum atomic E-state index is -0.488. The van der Waals surface area contributed by atoms with Crippen molar-refractivity contribution >= 4 is 5.91 Å². The van der Waals surface area contributed by atoms with Crippen LogP contribution >= 0.6 is 0 Å². The number of rotatable bonds is 8. The predicted molar refractivity (Wildman–Crippen MR) is 82.4 cm³/mol. The summed E-state index contributed by atoms with van der Waals surface area (Å²) in [4.78, 5) is 14.7. The number of piperidine rings is 1. The van der Waals surface area contributed by atoms with Crippen LogP contribution in [0, 0.1) is 5.92 Å². The van der Waals surface area contributed by atoms with Crippen molar-refractivity contribution < 1.29 is 4.79 Å². The molecule has 0 spiro atoms. The molecular weight excluding hydrogens is 250 g/mol. The lowest BCUT2D eigenvalue weighted by Gasteiger charge is -2.42. The van der Waals surface area contributed by atoms with Gasteiger partial charge in [0.25, 0.3) is 0 Å². The second-order valence-electron chi connectivity index (χ2n) is 6.55. The molecule has 2 rings (SSSR count). The second-order valence-corrected chi connectivity index (χ2v) is 6.55. The molecule has 4 nitrogen and oxygen atoms in total. The fraction of sp³-hybridized carbons (Fsp3) is 0.938. The third-order valence-corrected chi connectivity index (χ3v) is 5.03. The number of likely N-dealkylation sites (N-methyl/N-ethyl adjacent to an activating group) is 1. The van der Waals surface area contributed by atoms with Crippen LogP contribution in [0.1, 0.15) is 58.8 Å². The van der Waals surface area contributed by atoms with Crippen LogP contribution in [-0.2, 0) is 4.79 Å². The molecule has 2 aliphatic rings. The quantitative estimate of drug-likeness (QED) is 0.714. The number of nitrogens with zero attached hydrogens (tertiary/aromatic N) is 1. The van der Waals surface area contributed by atoms with E-state index in [0.29, 0.717) is 12.0 Å². The van der Waals surface area contributed by atoms with Crippen molar-refractivity contribution in [3.8, 4) is 0 Å². The number of hydrogen-bond donors (Lipinski definition) is 2. The van der Waals surface area contributed by atoms with E-state index in [1.54, 1.807) is 0 Å². The molecule has 0 radical (unpaired) electrons. The highest BCUT2D eigenvalue weighted by Gasteiger charge is 2.50. The van der Waals surface area contributed by atoms with Gasteiger partial charge in [0.1, 0.15) is 5.54 Å². The largest absolute Gasteiger partial charge is 0.368 e. The van der Waals surface area contributed by atoms with E-state index in [2.05, 4.69) is 24.1 Å². The summed E-state index contributed by atoms with van der Waals surface area (Å²) in [6.07, 6.45) is 8.60. The highest BCUT2D eigenvalue weighted by molar-refractivity contribution is 5.86. The minimum Gasteiger partial charge on any atom is -0.368 e. The molecule has 3 N–H and O–H groups in total. The van der Waals surface area contributed by atoms with E-state index in [1.165, 1.54) is 32.1 Å². The maximum absolute atomic E-state index is 12.2. The molecular formula is C16H31N3O. The molecule has 1 heterocycles. The van der Waals surface area contributed by atoms with Gasteiger partial charge in [0.2, 0.25) is 5.91 Å². The van der Waals surface area contributed by atoms with Gasteiger partial charge in [0.15, 0.2) is 0 Å². The molecule has 2 fully saturated rings. The number of hydrogen-bond acceptors (Lipinski definition) is 3. The first kappa shape index (κ1) is 15.8. The fourth-order valence-electron chi connectivity index (χ4n) is 3.84. The number of likely N-dealkylation sites (tertiary alicyclic amines) is 1. The summed E-state index contributed by atoms with van der Waals surface area (Å²) in [6.45, 7) is 7.06. The number of amides is 1. The van der Waals surface area contributed by atoms with E-state index in [-0.39, 0.29) is 5.91 Å². The van der Waals surface area contributed by atoms with Crippen LogP contribution in [0.3, 0.4) is 0 Å². The Morgan fingerprint density at radius 1 is 1.30 bits per heavy atom. The predicted octanol–water partition coefficient (Wildman–Crippen LogP) is 1.88. The van der Waals surface area contributed by atoms with Gasteiger partial charge in [0, 0.05) is 12.6 Å². The highest BCUT2D eigenvalue weighted by Crippen LogP contribution is 2.41. The molecule has 20 heavy (non-hydrogen) atoms. The molecule has 0 aromatic heterocycles. The van der Waals surface area contributed by atoms with Gasteiger partial charge in [0.05, 0.1) is 0 Å². The fourth-order valence-corrected chi connectivity index (χ4v) is 3.84. The molecule has 1 saturated carbocycles. The van der Waals surface area contributed by atoms with Gasteiger partial charge in [-0.25, -0.2) is 0 Å². The van der Waals surface area contributed by atoms with E-state index < -0.39 is 5.54 Å². The van der Waals surface area contributed by atoms with Crippen LogP contribution in [0.2, 0.25) is 0 Å². The van der Waals surface area contributed by atoms with E-state index >= 15 is 0 Å². The Bertz CT molecular complexity index is 328. The van der Waals surface area contributed by atoms with Crippen LogP contribution in [0.5, 0.6) is 0 Å². The number of nitrogens with two attached hydrogens (primary N) is 1. The van der Waals surface area contributed by atoms with Crippen LogP contribution in [0.15, 0.2) is 0 Å². The van der Waals surface area contributed by atoms with E-state index in [1.807, 2.05) is 0 Å². The van der Waals surface area contributed by atoms with E-state index in [0.717, 1.165) is 32.5 Å². The first-order valence-electron chi connectivity index (χ1n) is 8.43. The van der Waals surface area contributed by atoms with Crippen molar-refractivity contribution in [3.63, 3.8) is 0 Å². The molecule has 1 amide bonds. The molecule has 0 bridgehead atoms. The number of primary amides is 1. The monoisotopic (exact) mass is 281 g/mol. The smallest absolute Gasteiger partial charge is 0.239 e. The molecule has 1 aliphatic carbocycles. The lowest BCUT2D eigenvalue weighted by atomic mass is 9.88. The zero-order valence-electron chi connectivity index (χ0n) is 13.2. The Balaban J connectivity index is 2.10. The van der Waals surface area contributed by atoms with Crippen molar-refractivity contribution in [1.29, 1.82) is 0 Å². The summed E-state index contributed by atoms with van der Waals surface area (Å²) in [5.74, 6) is 0.298. The average Bonchev–Trinajstić information content (AvgIpc) is 3.25. The standard InChI is InChI=1S/C16H31N3O/c1-3-7-14-8-5-6-11-19(14)12-16(15(17)20,18-4-2)13-9-10-13/h13-14,18H,3-12H2,1-2H3,(H2,17,20). The summed E-state index contributed by atoms with van der Waals surface area (Å²) in [7, 11) is 0. The number of carbonyl (C=O) groups is 1. The number of nitrogens with one attached hydrogen (secondary N) is 1. The first-order chi connectivity index (χ1) is 9.64. The Morgan fingerprint density at radius 3 is 2.60 bits per heavy atom. The maximum Gasteiger partial charge on any atom is 0.239 e. The highest BCUT2D eigenvalue weighted by atomic mass is 16.1. The zero-order chi connectivity index (χ0) is 14.6. The molecule has 0 aromatic carbocycles. The van der Waals surface area contributed by atoms with Crippen molar-refractivity contribution in [3.05, 3.63) is 0 Å². The Labute approximate surface area is 123 Å². The SMILES string of the molecule is CCCC1CCCCN1CC(NCC)(C(N)=O)C1CC1.